The fourth-order valence-electron chi connectivity index (χ4n) is 5.61. The second-order valence-corrected chi connectivity index (χ2v) is 11.0. The highest BCUT2D eigenvalue weighted by Gasteiger charge is 2.28. The summed E-state index contributed by atoms with van der Waals surface area (Å²) in [5.41, 5.74) is 7.75. The first-order valence-electron chi connectivity index (χ1n) is 15.7. The van der Waals surface area contributed by atoms with Gasteiger partial charge in [-0.1, -0.05) is 133 Å². The van der Waals surface area contributed by atoms with Crippen molar-refractivity contribution in [3.63, 3.8) is 0 Å². The molecule has 0 saturated heterocycles. The summed E-state index contributed by atoms with van der Waals surface area (Å²) in [7, 11) is 0. The Morgan fingerprint density at radius 3 is 1.57 bits per heavy atom. The molecule has 0 aliphatic heterocycles. The van der Waals surface area contributed by atoms with E-state index in [0.717, 1.165) is 50.9 Å². The number of nitrogens with one attached hydrogen (secondary N) is 1. The molecule has 0 radical (unpaired) electrons. The van der Waals surface area contributed by atoms with Crippen LogP contribution in [0, 0.1) is 0 Å². The van der Waals surface area contributed by atoms with Crippen LogP contribution in [0.25, 0.3) is 11.1 Å². The van der Waals surface area contributed by atoms with Crippen molar-refractivity contribution in [2.24, 2.45) is 0 Å². The molecule has 228 valence electrons. The molecule has 4 nitrogen and oxygen atoms in total. The highest BCUT2D eigenvalue weighted by Crippen LogP contribution is 2.54. The van der Waals surface area contributed by atoms with Crippen LogP contribution in [0.3, 0.4) is 0 Å². The van der Waals surface area contributed by atoms with Crippen LogP contribution >= 0.6 is 0 Å². The van der Waals surface area contributed by atoms with Gasteiger partial charge in [-0.15, -0.1) is 0 Å². The van der Waals surface area contributed by atoms with Crippen molar-refractivity contribution in [2.45, 2.75) is 6.61 Å². The molecule has 0 aliphatic rings. The highest BCUT2D eigenvalue weighted by molar-refractivity contribution is 6.00. The molecule has 0 atom stereocenters. The molecule has 7 aromatic carbocycles. The summed E-state index contributed by atoms with van der Waals surface area (Å²) in [5, 5.41) is 3.79. The van der Waals surface area contributed by atoms with Gasteiger partial charge in [0.2, 0.25) is 0 Å². The Morgan fingerprint density at radius 1 is 0.511 bits per heavy atom. The minimum absolute atomic E-state index is 0.357. The molecule has 7 rings (SSSR count). The lowest BCUT2D eigenvalue weighted by molar-refractivity contribution is 0.293. The Balaban J connectivity index is 1.55. The third-order valence-electron chi connectivity index (χ3n) is 7.80. The minimum atomic E-state index is 0.357. The van der Waals surface area contributed by atoms with E-state index >= 15 is 0 Å². The quantitative estimate of drug-likeness (QED) is 0.158. The summed E-state index contributed by atoms with van der Waals surface area (Å²) in [6, 6.07) is 63.7. The molecule has 0 unspecified atom stereocenters. The average molecular weight is 611 g/mol. The Morgan fingerprint density at radius 2 is 1.00 bits per heavy atom. The number of benzene rings is 7. The van der Waals surface area contributed by atoms with E-state index in [1.807, 2.05) is 84.9 Å². The summed E-state index contributed by atoms with van der Waals surface area (Å²) in [6.07, 6.45) is 0. The zero-order chi connectivity index (χ0) is 31.7. The van der Waals surface area contributed by atoms with Crippen molar-refractivity contribution >= 4 is 28.4 Å². The van der Waals surface area contributed by atoms with Crippen molar-refractivity contribution in [1.29, 1.82) is 0 Å². The van der Waals surface area contributed by atoms with Gasteiger partial charge in [0.15, 0.2) is 11.5 Å². The van der Waals surface area contributed by atoms with E-state index in [2.05, 4.69) is 113 Å². The summed E-state index contributed by atoms with van der Waals surface area (Å²) < 4.78 is 13.5. The van der Waals surface area contributed by atoms with Gasteiger partial charge >= 0.3 is 0 Å². The normalized spacial score (nSPS) is 10.6. The Bertz CT molecular complexity index is 1960. The van der Waals surface area contributed by atoms with Crippen molar-refractivity contribution in [3.05, 3.63) is 194 Å². The molecule has 0 aliphatic carbocycles. The van der Waals surface area contributed by atoms with Gasteiger partial charge in [-0.2, -0.15) is 0 Å². The van der Waals surface area contributed by atoms with Crippen molar-refractivity contribution < 1.29 is 9.47 Å². The van der Waals surface area contributed by atoms with Crippen LogP contribution in [0.15, 0.2) is 188 Å². The maximum Gasteiger partial charge on any atom is 0.187 e. The van der Waals surface area contributed by atoms with Gasteiger partial charge in [-0.3, -0.25) is 0 Å². The number of hydrogen-bond donors (Lipinski definition) is 1. The van der Waals surface area contributed by atoms with Gasteiger partial charge in [-0.05, 0) is 65.7 Å². The number of anilines is 5. The Labute approximate surface area is 276 Å². The molecule has 47 heavy (non-hydrogen) atoms. The Kier molecular flexibility index (Phi) is 8.92. The van der Waals surface area contributed by atoms with Crippen LogP contribution in [0.2, 0.25) is 0 Å². The Hall–Kier alpha value is -6.26. The van der Waals surface area contributed by atoms with Crippen molar-refractivity contribution in [1.82, 2.24) is 0 Å². The van der Waals surface area contributed by atoms with Crippen LogP contribution in [0.1, 0.15) is 5.56 Å². The number of rotatable bonds is 11. The van der Waals surface area contributed by atoms with Gasteiger partial charge in [0.1, 0.15) is 18.0 Å². The highest BCUT2D eigenvalue weighted by atomic mass is 16.5. The zero-order valence-corrected chi connectivity index (χ0v) is 25.9. The van der Waals surface area contributed by atoms with E-state index in [-0.39, 0.29) is 0 Å². The third-order valence-corrected chi connectivity index (χ3v) is 7.80. The first-order valence-corrected chi connectivity index (χ1v) is 15.7. The first-order chi connectivity index (χ1) is 23.3. The lowest BCUT2D eigenvalue weighted by Crippen LogP contribution is -2.15. The first kappa shape index (κ1) is 29.5. The fourth-order valence-corrected chi connectivity index (χ4v) is 5.61. The maximum atomic E-state index is 6.84. The number of para-hydroxylation sites is 4. The molecule has 0 fully saturated rings. The fraction of sp³-hybridized carbons (Fsp3) is 0.0233. The number of nitrogens with zero attached hydrogens (tertiary/aromatic N) is 1. The van der Waals surface area contributed by atoms with E-state index in [4.69, 9.17) is 9.47 Å². The largest absolute Gasteiger partial charge is 0.483 e. The minimum Gasteiger partial charge on any atom is -0.483 e. The maximum absolute atomic E-state index is 6.84. The van der Waals surface area contributed by atoms with Crippen molar-refractivity contribution in [3.8, 4) is 28.4 Å². The van der Waals surface area contributed by atoms with Crippen molar-refractivity contribution in [2.75, 3.05) is 10.2 Å². The molecular weight excluding hydrogens is 576 g/mol. The van der Waals surface area contributed by atoms with Crippen LogP contribution in [0.4, 0.5) is 28.4 Å². The molecule has 7 aromatic rings. The summed E-state index contributed by atoms with van der Waals surface area (Å²) in [5.74, 6) is 1.93. The van der Waals surface area contributed by atoms with Gasteiger partial charge in [0.05, 0.1) is 5.69 Å². The van der Waals surface area contributed by atoms with E-state index < -0.39 is 0 Å². The summed E-state index contributed by atoms with van der Waals surface area (Å²) in [4.78, 5) is 2.29. The van der Waals surface area contributed by atoms with E-state index in [1.54, 1.807) is 0 Å². The van der Waals surface area contributed by atoms with Crippen LogP contribution in [-0.4, -0.2) is 0 Å². The molecule has 0 bridgehead atoms. The van der Waals surface area contributed by atoms with E-state index in [0.29, 0.717) is 18.1 Å². The summed E-state index contributed by atoms with van der Waals surface area (Å²) >= 11 is 0. The van der Waals surface area contributed by atoms with Crippen LogP contribution in [-0.2, 0) is 6.61 Å². The molecule has 0 spiro atoms. The predicted molar refractivity (Wildman–Crippen MR) is 194 cm³/mol. The van der Waals surface area contributed by atoms with E-state index in [9.17, 15) is 0 Å². The lowest BCUT2D eigenvalue weighted by Gasteiger charge is -2.32. The van der Waals surface area contributed by atoms with Gasteiger partial charge < -0.3 is 19.7 Å². The molecule has 1 N–H and O–H groups in total. The molecule has 4 heteroatoms. The second-order valence-electron chi connectivity index (χ2n) is 11.0. The lowest BCUT2D eigenvalue weighted by atomic mass is 9.98. The number of hydrogen-bond acceptors (Lipinski definition) is 4. The molecular formula is C43H34N2O2. The second kappa shape index (κ2) is 14.2. The van der Waals surface area contributed by atoms with Gasteiger partial charge in [-0.25, -0.2) is 0 Å². The van der Waals surface area contributed by atoms with E-state index in [1.165, 1.54) is 0 Å². The smallest absolute Gasteiger partial charge is 0.187 e. The van der Waals surface area contributed by atoms with Crippen LogP contribution in [0.5, 0.6) is 17.2 Å². The molecule has 0 saturated carbocycles. The zero-order valence-electron chi connectivity index (χ0n) is 25.9. The standard InChI is InChI=1S/C43H34N2O2/c1-7-19-33(20-8-1)32-46-43-40(47-38-29-17-6-18-30-38)31-39(34-21-9-2-10-22-34)42(41(43)44-35-23-11-3-12-24-35)45(36-25-13-4-14-26-36)37-27-15-5-16-28-37/h1-31,44H,32H2. The van der Waals surface area contributed by atoms with Gasteiger partial charge in [0.25, 0.3) is 0 Å². The summed E-state index contributed by atoms with van der Waals surface area (Å²) in [6.45, 7) is 0.357. The molecule has 0 amide bonds. The SMILES string of the molecule is c1ccc(COc2c(Oc3ccccc3)cc(-c3ccccc3)c(N(c3ccccc3)c3ccccc3)c2Nc2ccccc2)cc1. The third kappa shape index (κ3) is 6.87. The number of ether oxygens (including phenoxy) is 2. The topological polar surface area (TPSA) is 33.7 Å². The molecule has 0 aromatic heterocycles. The monoisotopic (exact) mass is 610 g/mol. The van der Waals surface area contributed by atoms with Crippen LogP contribution < -0.4 is 19.7 Å². The predicted octanol–water partition coefficient (Wildman–Crippen LogP) is 11.9. The average Bonchev–Trinajstić information content (AvgIpc) is 3.15. The van der Waals surface area contributed by atoms with Gasteiger partial charge in [0, 0.05) is 22.6 Å². The molecule has 0 heterocycles.